The molecule has 0 amide bonds. The fraction of sp³-hybridized carbons (Fsp3) is 0.143. The van der Waals surface area contributed by atoms with Crippen LogP contribution < -0.4 is 4.74 Å². The molecule has 0 saturated heterocycles. The number of para-hydroxylation sites is 2. The summed E-state index contributed by atoms with van der Waals surface area (Å²) in [6, 6.07) is 11.6. The summed E-state index contributed by atoms with van der Waals surface area (Å²) in [6.45, 7) is 0.358. The molecule has 0 spiro atoms. The van der Waals surface area contributed by atoms with Crippen LogP contribution in [0.5, 0.6) is 5.75 Å². The van der Waals surface area contributed by atoms with Crippen molar-refractivity contribution in [2.45, 2.75) is 6.61 Å². The van der Waals surface area contributed by atoms with Gasteiger partial charge in [0.15, 0.2) is 10.9 Å². The van der Waals surface area contributed by atoms with Gasteiger partial charge >= 0.3 is 0 Å². The lowest BCUT2D eigenvalue weighted by atomic mass is 10.3. The van der Waals surface area contributed by atoms with Crippen LogP contribution in [0.25, 0.3) is 11.0 Å². The molecule has 0 aliphatic rings. The maximum atomic E-state index is 5.95. The average Bonchev–Trinajstić information content (AvgIpc) is 2.75. The summed E-state index contributed by atoms with van der Waals surface area (Å²) in [6.07, 6.45) is 1.63. The highest BCUT2D eigenvalue weighted by Crippen LogP contribution is 2.22. The van der Waals surface area contributed by atoms with Gasteiger partial charge in [0, 0.05) is 13.2 Å². The van der Waals surface area contributed by atoms with Crippen LogP contribution in [-0.4, -0.2) is 14.5 Å². The minimum Gasteiger partial charge on any atom is -0.482 e. The Morgan fingerprint density at radius 2 is 2.05 bits per heavy atom. The Labute approximate surface area is 115 Å². The van der Waals surface area contributed by atoms with Crippen molar-refractivity contribution >= 4 is 22.6 Å². The molecular formula is C14H12ClN3O. The Kier molecular flexibility index (Phi) is 3.09. The van der Waals surface area contributed by atoms with Crippen LogP contribution in [-0.2, 0) is 13.7 Å². The van der Waals surface area contributed by atoms with E-state index < -0.39 is 0 Å². The smallest absolute Gasteiger partial charge is 0.171 e. The number of aromatic nitrogens is 3. The zero-order chi connectivity index (χ0) is 13.2. The number of hydrogen-bond acceptors (Lipinski definition) is 3. The number of hydrogen-bond donors (Lipinski definition) is 0. The van der Waals surface area contributed by atoms with Crippen molar-refractivity contribution in [2.75, 3.05) is 0 Å². The second-order valence-corrected chi connectivity index (χ2v) is 4.51. The first-order chi connectivity index (χ1) is 9.25. The number of halogens is 1. The Hall–Kier alpha value is -2.07. The van der Waals surface area contributed by atoms with E-state index in [1.807, 2.05) is 35.9 Å². The van der Waals surface area contributed by atoms with Gasteiger partial charge < -0.3 is 9.30 Å². The summed E-state index contributed by atoms with van der Waals surface area (Å²) in [4.78, 5) is 8.50. The van der Waals surface area contributed by atoms with E-state index in [4.69, 9.17) is 16.3 Å². The monoisotopic (exact) mass is 273 g/mol. The molecule has 0 fully saturated rings. The van der Waals surface area contributed by atoms with Crippen molar-refractivity contribution in [3.05, 3.63) is 53.6 Å². The Morgan fingerprint density at radius 3 is 2.84 bits per heavy atom. The van der Waals surface area contributed by atoms with Gasteiger partial charge in [-0.15, -0.1) is 0 Å². The van der Waals surface area contributed by atoms with Crippen LogP contribution in [0.15, 0.2) is 42.6 Å². The van der Waals surface area contributed by atoms with Crippen LogP contribution >= 0.6 is 11.6 Å². The van der Waals surface area contributed by atoms with Gasteiger partial charge in [0.2, 0.25) is 0 Å². The molecule has 96 valence electrons. The summed E-state index contributed by atoms with van der Waals surface area (Å²) in [5, 5.41) is 0.362. The molecule has 0 radical (unpaired) electrons. The molecule has 3 rings (SSSR count). The van der Waals surface area contributed by atoms with Gasteiger partial charge in [-0.2, -0.15) is 0 Å². The third-order valence-corrected chi connectivity index (χ3v) is 3.25. The van der Waals surface area contributed by atoms with Crippen LogP contribution in [0.2, 0.25) is 5.15 Å². The SMILES string of the molecule is Cn1c(COc2cccnc2Cl)nc2ccccc21. The van der Waals surface area contributed by atoms with Gasteiger partial charge in [-0.3, -0.25) is 0 Å². The lowest BCUT2D eigenvalue weighted by molar-refractivity contribution is 0.291. The number of fused-ring (bicyclic) bond motifs is 1. The number of pyridine rings is 1. The van der Waals surface area contributed by atoms with Crippen LogP contribution in [0.1, 0.15) is 5.82 Å². The van der Waals surface area contributed by atoms with E-state index in [1.54, 1.807) is 18.3 Å². The zero-order valence-corrected chi connectivity index (χ0v) is 11.1. The quantitative estimate of drug-likeness (QED) is 0.688. The predicted molar refractivity (Wildman–Crippen MR) is 74.3 cm³/mol. The zero-order valence-electron chi connectivity index (χ0n) is 10.4. The van der Waals surface area contributed by atoms with Crippen molar-refractivity contribution in [2.24, 2.45) is 7.05 Å². The molecule has 0 aliphatic heterocycles. The molecule has 3 aromatic rings. The summed E-state index contributed by atoms with van der Waals surface area (Å²) in [5.74, 6) is 1.41. The van der Waals surface area contributed by atoms with Crippen LogP contribution in [0.3, 0.4) is 0 Å². The summed E-state index contributed by atoms with van der Waals surface area (Å²) >= 11 is 5.95. The maximum Gasteiger partial charge on any atom is 0.171 e. The lowest BCUT2D eigenvalue weighted by Gasteiger charge is -2.06. The molecule has 5 heteroatoms. The molecule has 2 aromatic heterocycles. The maximum absolute atomic E-state index is 5.95. The first kappa shape index (κ1) is 12.0. The van der Waals surface area contributed by atoms with Gasteiger partial charge in [-0.05, 0) is 24.3 Å². The fourth-order valence-corrected chi connectivity index (χ4v) is 2.12. The molecule has 0 saturated carbocycles. The van der Waals surface area contributed by atoms with Crippen molar-refractivity contribution in [3.8, 4) is 5.75 Å². The lowest BCUT2D eigenvalue weighted by Crippen LogP contribution is -2.03. The first-order valence-corrected chi connectivity index (χ1v) is 6.27. The highest BCUT2D eigenvalue weighted by atomic mass is 35.5. The predicted octanol–water partition coefficient (Wildman–Crippen LogP) is 3.20. The number of rotatable bonds is 3. The van der Waals surface area contributed by atoms with E-state index in [2.05, 4.69) is 9.97 Å². The van der Waals surface area contributed by atoms with Crippen LogP contribution in [0, 0.1) is 0 Å². The molecular weight excluding hydrogens is 262 g/mol. The third kappa shape index (κ3) is 2.27. The van der Waals surface area contributed by atoms with Gasteiger partial charge in [0.1, 0.15) is 12.4 Å². The molecule has 2 heterocycles. The summed E-state index contributed by atoms with van der Waals surface area (Å²) < 4.78 is 7.67. The molecule has 1 aromatic carbocycles. The molecule has 0 N–H and O–H groups in total. The van der Waals surface area contributed by atoms with E-state index in [1.165, 1.54) is 0 Å². The molecule has 0 aliphatic carbocycles. The number of nitrogens with zero attached hydrogens (tertiary/aromatic N) is 3. The van der Waals surface area contributed by atoms with Gasteiger partial charge in [0.25, 0.3) is 0 Å². The molecule has 4 nitrogen and oxygen atoms in total. The number of benzene rings is 1. The van der Waals surface area contributed by atoms with Crippen molar-refractivity contribution in [3.63, 3.8) is 0 Å². The Morgan fingerprint density at radius 1 is 1.21 bits per heavy atom. The van der Waals surface area contributed by atoms with Crippen molar-refractivity contribution in [1.29, 1.82) is 0 Å². The van der Waals surface area contributed by atoms with E-state index in [0.717, 1.165) is 16.9 Å². The van der Waals surface area contributed by atoms with Crippen molar-refractivity contribution in [1.82, 2.24) is 14.5 Å². The van der Waals surface area contributed by atoms with E-state index >= 15 is 0 Å². The third-order valence-electron chi connectivity index (χ3n) is 2.96. The largest absolute Gasteiger partial charge is 0.482 e. The van der Waals surface area contributed by atoms with Crippen molar-refractivity contribution < 1.29 is 4.74 Å². The number of aryl methyl sites for hydroxylation is 1. The van der Waals surface area contributed by atoms with E-state index in [-0.39, 0.29) is 0 Å². The molecule has 0 atom stereocenters. The Bertz CT molecular complexity index is 724. The topological polar surface area (TPSA) is 39.9 Å². The average molecular weight is 274 g/mol. The second kappa shape index (κ2) is 4.90. The van der Waals surface area contributed by atoms with Crippen LogP contribution in [0.4, 0.5) is 0 Å². The minimum atomic E-state index is 0.358. The highest BCUT2D eigenvalue weighted by molar-refractivity contribution is 6.30. The van der Waals surface area contributed by atoms with Gasteiger partial charge in [-0.1, -0.05) is 23.7 Å². The van der Waals surface area contributed by atoms with Gasteiger partial charge in [-0.25, -0.2) is 9.97 Å². The molecule has 0 unspecified atom stereocenters. The Balaban J connectivity index is 1.86. The minimum absolute atomic E-state index is 0.358. The van der Waals surface area contributed by atoms with E-state index in [9.17, 15) is 0 Å². The fourth-order valence-electron chi connectivity index (χ4n) is 1.95. The number of imidazole rings is 1. The standard InChI is InChI=1S/C14H12ClN3O/c1-18-11-6-3-2-5-10(11)17-13(18)9-19-12-7-4-8-16-14(12)15/h2-8H,9H2,1H3. The highest BCUT2D eigenvalue weighted by Gasteiger charge is 2.08. The number of ether oxygens (including phenoxy) is 1. The summed E-state index contributed by atoms with van der Waals surface area (Å²) in [7, 11) is 1.97. The molecule has 0 bridgehead atoms. The second-order valence-electron chi connectivity index (χ2n) is 4.16. The summed E-state index contributed by atoms with van der Waals surface area (Å²) in [5.41, 5.74) is 2.04. The van der Waals surface area contributed by atoms with Gasteiger partial charge in [0.05, 0.1) is 11.0 Å². The first-order valence-electron chi connectivity index (χ1n) is 5.89. The normalized spacial score (nSPS) is 10.8. The van der Waals surface area contributed by atoms with E-state index in [0.29, 0.717) is 17.5 Å². The molecule has 19 heavy (non-hydrogen) atoms.